The summed E-state index contributed by atoms with van der Waals surface area (Å²) < 4.78 is 12.6. The van der Waals surface area contributed by atoms with Crippen molar-refractivity contribution in [2.75, 3.05) is 19.5 Å². The number of nitrogens with zero attached hydrogens (tertiary/aromatic N) is 3. The Balaban J connectivity index is 1.92. The molecule has 8 nitrogen and oxygen atoms in total. The molecule has 0 radical (unpaired) electrons. The summed E-state index contributed by atoms with van der Waals surface area (Å²) in [4.78, 5) is 17.8. The van der Waals surface area contributed by atoms with Crippen LogP contribution in [0.15, 0.2) is 41.4 Å². The minimum absolute atomic E-state index is 0.310. The number of aromatic nitrogens is 2. The number of hydrogen-bond donors (Lipinski definition) is 2. The number of methoxy groups -OCH3 is 2. The maximum absolute atomic E-state index is 13.1. The lowest BCUT2D eigenvalue weighted by molar-refractivity contribution is 0.0976. The molecule has 0 atom stereocenters. The molecular weight excluding hydrogens is 430 g/mol. The molecule has 180 valence electrons. The third kappa shape index (κ3) is 5.57. The van der Waals surface area contributed by atoms with Gasteiger partial charge in [0.05, 0.1) is 26.5 Å². The number of amides is 1. The third-order valence-electron chi connectivity index (χ3n) is 5.74. The first-order valence-electron chi connectivity index (χ1n) is 11.2. The van der Waals surface area contributed by atoms with Crippen LogP contribution in [0.2, 0.25) is 0 Å². The van der Waals surface area contributed by atoms with E-state index in [0.29, 0.717) is 29.6 Å². The van der Waals surface area contributed by atoms with Gasteiger partial charge in [0, 0.05) is 29.1 Å². The zero-order valence-corrected chi connectivity index (χ0v) is 20.9. The fraction of sp³-hybridized carbons (Fsp3) is 0.346. The van der Waals surface area contributed by atoms with Gasteiger partial charge in [-0.25, -0.2) is 4.99 Å². The quantitative estimate of drug-likeness (QED) is 0.396. The molecule has 0 aliphatic heterocycles. The van der Waals surface area contributed by atoms with Crippen LogP contribution in [0.4, 0.5) is 5.69 Å². The highest BCUT2D eigenvalue weighted by molar-refractivity contribution is 6.10. The molecule has 2 N–H and O–H groups in total. The molecule has 3 rings (SSSR count). The van der Waals surface area contributed by atoms with Crippen LogP contribution in [0.3, 0.4) is 0 Å². The highest BCUT2D eigenvalue weighted by Crippen LogP contribution is 2.27. The van der Waals surface area contributed by atoms with Crippen LogP contribution in [0.25, 0.3) is 0 Å². The van der Waals surface area contributed by atoms with E-state index in [-0.39, 0.29) is 5.91 Å². The van der Waals surface area contributed by atoms with Crippen LogP contribution in [0.1, 0.15) is 45.4 Å². The lowest BCUT2D eigenvalue weighted by atomic mass is 10.1. The molecule has 0 spiro atoms. The van der Waals surface area contributed by atoms with E-state index in [2.05, 4.69) is 28.7 Å². The molecule has 1 heterocycles. The van der Waals surface area contributed by atoms with Crippen LogP contribution < -0.4 is 20.1 Å². The molecule has 34 heavy (non-hydrogen) atoms. The zero-order valence-electron chi connectivity index (χ0n) is 20.9. The normalized spacial score (nSPS) is 11.3. The Labute approximate surface area is 201 Å². The van der Waals surface area contributed by atoms with Gasteiger partial charge < -0.3 is 14.8 Å². The molecule has 0 aliphatic rings. The van der Waals surface area contributed by atoms with Gasteiger partial charge in [-0.1, -0.05) is 17.7 Å². The van der Waals surface area contributed by atoms with Crippen LogP contribution in [0.5, 0.6) is 11.5 Å². The summed E-state index contributed by atoms with van der Waals surface area (Å²) in [7, 11) is 3.09. The smallest absolute Gasteiger partial charge is 0.258 e. The maximum Gasteiger partial charge on any atom is 0.258 e. The fourth-order valence-electron chi connectivity index (χ4n) is 3.78. The van der Waals surface area contributed by atoms with Crippen LogP contribution in [-0.4, -0.2) is 35.9 Å². The van der Waals surface area contributed by atoms with Crippen molar-refractivity contribution in [1.29, 1.82) is 0 Å². The molecule has 0 saturated heterocycles. The molecule has 0 unspecified atom stereocenters. The molecule has 0 bridgehead atoms. The number of rotatable bonds is 7. The van der Waals surface area contributed by atoms with Crippen LogP contribution in [0, 0.1) is 27.7 Å². The molecule has 2 aromatic carbocycles. The summed E-state index contributed by atoms with van der Waals surface area (Å²) in [5.41, 5.74) is 6.56. The first-order chi connectivity index (χ1) is 16.3. The van der Waals surface area contributed by atoms with E-state index >= 15 is 0 Å². The number of benzene rings is 2. The maximum atomic E-state index is 13.1. The zero-order chi connectivity index (χ0) is 24.8. The third-order valence-corrected chi connectivity index (χ3v) is 5.74. The van der Waals surface area contributed by atoms with Crippen molar-refractivity contribution < 1.29 is 14.3 Å². The van der Waals surface area contributed by atoms with Crippen molar-refractivity contribution >= 4 is 17.6 Å². The summed E-state index contributed by atoms with van der Waals surface area (Å²) in [6.45, 7) is 11.3. The topological polar surface area (TPSA) is 89.8 Å². The molecule has 8 heteroatoms. The Hall–Kier alpha value is -3.81. The molecule has 0 fully saturated rings. The van der Waals surface area contributed by atoms with E-state index in [1.807, 2.05) is 44.5 Å². The van der Waals surface area contributed by atoms with E-state index < -0.39 is 0 Å². The number of hydrogen-bond acceptors (Lipinski definition) is 5. The first-order valence-corrected chi connectivity index (χ1v) is 11.2. The second-order valence-electron chi connectivity index (χ2n) is 8.10. The van der Waals surface area contributed by atoms with E-state index in [9.17, 15) is 4.79 Å². The van der Waals surface area contributed by atoms with Crippen molar-refractivity contribution in [3.8, 4) is 11.5 Å². The van der Waals surface area contributed by atoms with Gasteiger partial charge in [0.2, 0.25) is 5.96 Å². The number of carbonyl (C=O) groups is 1. The predicted octanol–water partition coefficient (Wildman–Crippen LogP) is 4.55. The highest BCUT2D eigenvalue weighted by atomic mass is 16.5. The highest BCUT2D eigenvalue weighted by Gasteiger charge is 2.15. The van der Waals surface area contributed by atoms with E-state index in [1.165, 1.54) is 7.11 Å². The molecule has 1 amide bonds. The molecular formula is C26H33N5O3. The summed E-state index contributed by atoms with van der Waals surface area (Å²) in [6, 6.07) is 11.1. The van der Waals surface area contributed by atoms with Crippen molar-refractivity contribution in [1.82, 2.24) is 15.1 Å². The van der Waals surface area contributed by atoms with Gasteiger partial charge in [-0.15, -0.1) is 0 Å². The average Bonchev–Trinajstić information content (AvgIpc) is 3.10. The minimum atomic E-state index is -0.310. The van der Waals surface area contributed by atoms with Gasteiger partial charge in [-0.05, 0) is 64.4 Å². The summed E-state index contributed by atoms with van der Waals surface area (Å²) in [6.07, 6.45) is 0. The van der Waals surface area contributed by atoms with Gasteiger partial charge in [0.25, 0.3) is 5.91 Å². The van der Waals surface area contributed by atoms with Crippen molar-refractivity contribution in [3.63, 3.8) is 0 Å². The Morgan fingerprint density at radius 1 is 1.03 bits per heavy atom. The Kier molecular flexibility index (Phi) is 7.94. The predicted molar refractivity (Wildman–Crippen MR) is 135 cm³/mol. The molecule has 3 aromatic rings. The number of aliphatic imine (C=N–C) groups is 1. The van der Waals surface area contributed by atoms with Gasteiger partial charge in [-0.2, -0.15) is 5.10 Å². The number of ether oxygens (including phenoxy) is 2. The standard InChI is InChI=1S/C26H33N5O3/c1-8-31-19(5)21(18(4)30-31)15-27-26(28-22-11-9-16(2)13-17(22)3)29-25(32)20-10-12-23(33-6)24(14-20)34-7/h9-14H,8,15H2,1-7H3,(H2,27,28,29,32). The minimum Gasteiger partial charge on any atom is -0.493 e. The van der Waals surface area contributed by atoms with E-state index in [1.54, 1.807) is 25.3 Å². The Morgan fingerprint density at radius 3 is 2.38 bits per heavy atom. The Bertz CT molecular complexity index is 1210. The summed E-state index contributed by atoms with van der Waals surface area (Å²) >= 11 is 0. The number of guanidine groups is 1. The van der Waals surface area contributed by atoms with Gasteiger partial charge in [-0.3, -0.25) is 14.8 Å². The number of anilines is 1. The average molecular weight is 464 g/mol. The SMILES string of the molecule is CCn1nc(C)c(CN=C(NC(=O)c2ccc(OC)c(OC)c2)Nc2ccc(C)cc2C)c1C. The monoisotopic (exact) mass is 463 g/mol. The second-order valence-corrected chi connectivity index (χ2v) is 8.10. The van der Waals surface area contributed by atoms with Gasteiger partial charge in [0.1, 0.15) is 0 Å². The van der Waals surface area contributed by atoms with Crippen molar-refractivity contribution in [2.45, 2.75) is 47.7 Å². The largest absolute Gasteiger partial charge is 0.493 e. The number of carbonyl (C=O) groups excluding carboxylic acids is 1. The van der Waals surface area contributed by atoms with Crippen LogP contribution >= 0.6 is 0 Å². The van der Waals surface area contributed by atoms with Gasteiger partial charge >= 0.3 is 0 Å². The lowest BCUT2D eigenvalue weighted by Gasteiger charge is -2.15. The fourth-order valence-corrected chi connectivity index (χ4v) is 3.78. The molecule has 1 aromatic heterocycles. The molecule has 0 aliphatic carbocycles. The van der Waals surface area contributed by atoms with E-state index in [0.717, 1.165) is 40.3 Å². The Morgan fingerprint density at radius 2 is 1.76 bits per heavy atom. The van der Waals surface area contributed by atoms with E-state index in [4.69, 9.17) is 14.5 Å². The van der Waals surface area contributed by atoms with Gasteiger partial charge in [0.15, 0.2) is 11.5 Å². The van der Waals surface area contributed by atoms with Crippen molar-refractivity contribution in [3.05, 3.63) is 70.0 Å². The summed E-state index contributed by atoms with van der Waals surface area (Å²) in [5, 5.41) is 10.8. The first kappa shape index (κ1) is 24.8. The molecule has 0 saturated carbocycles. The summed E-state index contributed by atoms with van der Waals surface area (Å²) in [5.74, 6) is 1.08. The second kappa shape index (κ2) is 10.9. The number of aryl methyl sites for hydroxylation is 4. The number of nitrogens with one attached hydrogen (secondary N) is 2. The van der Waals surface area contributed by atoms with Crippen molar-refractivity contribution in [2.24, 2.45) is 4.99 Å². The van der Waals surface area contributed by atoms with Crippen LogP contribution in [-0.2, 0) is 13.1 Å². The lowest BCUT2D eigenvalue weighted by Crippen LogP contribution is -2.36.